The fourth-order valence-corrected chi connectivity index (χ4v) is 1.55. The van der Waals surface area contributed by atoms with Crippen molar-refractivity contribution in [1.29, 1.82) is 0 Å². The molecule has 4 nitrogen and oxygen atoms in total. The van der Waals surface area contributed by atoms with Crippen LogP contribution >= 0.6 is 15.9 Å². The monoisotopic (exact) mass is 274 g/mol. The van der Waals surface area contributed by atoms with Gasteiger partial charge in [-0.2, -0.15) is 0 Å². The van der Waals surface area contributed by atoms with Crippen LogP contribution in [0.2, 0.25) is 0 Å². The van der Waals surface area contributed by atoms with Crippen molar-refractivity contribution in [2.45, 2.75) is 6.92 Å². The first-order valence-electron chi connectivity index (χ1n) is 4.74. The summed E-state index contributed by atoms with van der Waals surface area (Å²) in [6, 6.07) is 1.75. The highest BCUT2D eigenvalue weighted by Crippen LogP contribution is 2.10. The third-order valence-corrected chi connectivity index (χ3v) is 2.41. The Kier molecular flexibility index (Phi) is 4.84. The molecule has 84 valence electrons. The number of rotatable bonds is 5. The Morgan fingerprint density at radius 1 is 1.73 bits per heavy atom. The number of aromatic amines is 1. The summed E-state index contributed by atoms with van der Waals surface area (Å²) in [5, 5.41) is 2.83. The first kappa shape index (κ1) is 12.3. The van der Waals surface area contributed by atoms with Gasteiger partial charge in [-0.25, -0.2) is 0 Å². The average Bonchev–Trinajstić information content (AvgIpc) is 2.62. The molecule has 1 atom stereocenters. The molecular weight excluding hydrogens is 260 g/mol. The molecule has 1 aromatic heterocycles. The molecule has 0 bridgehead atoms. The molecule has 1 aromatic rings. The average molecular weight is 275 g/mol. The highest BCUT2D eigenvalue weighted by Gasteiger charge is 2.09. The molecule has 1 heterocycles. The smallest absolute Gasteiger partial charge is 0.267 e. The van der Waals surface area contributed by atoms with Crippen LogP contribution in [0.25, 0.3) is 0 Å². The van der Waals surface area contributed by atoms with Crippen LogP contribution in [0.5, 0.6) is 0 Å². The van der Waals surface area contributed by atoms with E-state index in [9.17, 15) is 4.79 Å². The third-order valence-electron chi connectivity index (χ3n) is 1.95. The number of halogens is 1. The molecule has 0 aromatic carbocycles. The minimum absolute atomic E-state index is 0.0938. The Hall–Kier alpha value is -0.810. The van der Waals surface area contributed by atoms with Gasteiger partial charge in [0.1, 0.15) is 5.69 Å². The van der Waals surface area contributed by atoms with Crippen molar-refractivity contribution in [2.75, 3.05) is 20.3 Å². The largest absolute Gasteiger partial charge is 0.384 e. The van der Waals surface area contributed by atoms with Crippen LogP contribution in [0.15, 0.2) is 16.7 Å². The predicted octanol–water partition coefficient (Wildman–Crippen LogP) is 1.79. The topological polar surface area (TPSA) is 54.1 Å². The van der Waals surface area contributed by atoms with Crippen LogP contribution in [0.4, 0.5) is 0 Å². The number of nitrogens with one attached hydrogen (secondary N) is 2. The van der Waals surface area contributed by atoms with Crippen LogP contribution in [0.3, 0.4) is 0 Å². The highest BCUT2D eigenvalue weighted by molar-refractivity contribution is 9.10. The number of carbonyl (C=O) groups excluding carboxylic acids is 1. The second kappa shape index (κ2) is 5.92. The molecule has 0 aliphatic rings. The van der Waals surface area contributed by atoms with Crippen LogP contribution < -0.4 is 5.32 Å². The molecule has 0 saturated carbocycles. The Bertz CT molecular complexity index is 325. The molecule has 5 heteroatoms. The zero-order valence-electron chi connectivity index (χ0n) is 8.84. The van der Waals surface area contributed by atoms with Crippen LogP contribution in [-0.2, 0) is 4.74 Å². The van der Waals surface area contributed by atoms with E-state index in [1.54, 1.807) is 19.4 Å². The lowest BCUT2D eigenvalue weighted by atomic mass is 10.2. The number of methoxy groups -OCH3 is 1. The van der Waals surface area contributed by atoms with E-state index in [-0.39, 0.29) is 5.91 Å². The summed E-state index contributed by atoms with van der Waals surface area (Å²) in [7, 11) is 1.65. The summed E-state index contributed by atoms with van der Waals surface area (Å²) in [6.07, 6.45) is 1.73. The number of amides is 1. The molecule has 0 radical (unpaired) electrons. The van der Waals surface area contributed by atoms with E-state index in [0.29, 0.717) is 24.8 Å². The van der Waals surface area contributed by atoms with E-state index < -0.39 is 0 Å². The number of carbonyl (C=O) groups is 1. The Morgan fingerprint density at radius 3 is 3.00 bits per heavy atom. The van der Waals surface area contributed by atoms with Crippen molar-refractivity contribution in [3.63, 3.8) is 0 Å². The molecule has 1 amide bonds. The predicted molar refractivity (Wildman–Crippen MR) is 61.9 cm³/mol. The number of H-pyrrole nitrogens is 1. The van der Waals surface area contributed by atoms with E-state index >= 15 is 0 Å². The van der Waals surface area contributed by atoms with Crippen molar-refractivity contribution >= 4 is 21.8 Å². The van der Waals surface area contributed by atoms with Gasteiger partial charge >= 0.3 is 0 Å². The van der Waals surface area contributed by atoms with Crippen molar-refractivity contribution in [3.8, 4) is 0 Å². The lowest BCUT2D eigenvalue weighted by molar-refractivity contribution is 0.0929. The summed E-state index contributed by atoms with van der Waals surface area (Å²) in [4.78, 5) is 14.4. The maximum absolute atomic E-state index is 11.6. The molecule has 1 rings (SSSR count). The number of hydrogen-bond donors (Lipinski definition) is 2. The van der Waals surface area contributed by atoms with Gasteiger partial charge in [-0.15, -0.1) is 0 Å². The molecule has 15 heavy (non-hydrogen) atoms. The van der Waals surface area contributed by atoms with E-state index in [2.05, 4.69) is 26.2 Å². The summed E-state index contributed by atoms with van der Waals surface area (Å²) >= 11 is 3.27. The van der Waals surface area contributed by atoms with Gasteiger partial charge in [-0.1, -0.05) is 6.92 Å². The molecule has 0 saturated heterocycles. The zero-order valence-corrected chi connectivity index (χ0v) is 10.4. The van der Waals surface area contributed by atoms with Gasteiger partial charge < -0.3 is 15.0 Å². The number of hydrogen-bond acceptors (Lipinski definition) is 2. The molecule has 1 unspecified atom stereocenters. The van der Waals surface area contributed by atoms with E-state index in [4.69, 9.17) is 4.74 Å². The Morgan fingerprint density at radius 2 is 2.47 bits per heavy atom. The minimum atomic E-state index is -0.0938. The third kappa shape index (κ3) is 4.05. The highest BCUT2D eigenvalue weighted by atomic mass is 79.9. The second-order valence-corrected chi connectivity index (χ2v) is 4.42. The minimum Gasteiger partial charge on any atom is -0.384 e. The summed E-state index contributed by atoms with van der Waals surface area (Å²) in [6.45, 7) is 3.28. The van der Waals surface area contributed by atoms with Crippen LogP contribution in [0, 0.1) is 5.92 Å². The maximum atomic E-state index is 11.6. The van der Waals surface area contributed by atoms with Crippen molar-refractivity contribution < 1.29 is 9.53 Å². The van der Waals surface area contributed by atoms with E-state index in [0.717, 1.165) is 4.47 Å². The maximum Gasteiger partial charge on any atom is 0.267 e. The molecule has 0 aliphatic carbocycles. The van der Waals surface area contributed by atoms with E-state index in [1.165, 1.54) is 0 Å². The Balaban J connectivity index is 2.36. The van der Waals surface area contributed by atoms with Crippen LogP contribution in [-0.4, -0.2) is 31.2 Å². The summed E-state index contributed by atoms with van der Waals surface area (Å²) in [5.74, 6) is 0.223. The fraction of sp³-hybridized carbons (Fsp3) is 0.500. The quantitative estimate of drug-likeness (QED) is 0.860. The van der Waals surface area contributed by atoms with Gasteiger partial charge in [0, 0.05) is 24.3 Å². The van der Waals surface area contributed by atoms with Crippen molar-refractivity contribution in [3.05, 3.63) is 22.4 Å². The Labute approximate surface area is 97.5 Å². The van der Waals surface area contributed by atoms with Crippen molar-refractivity contribution in [1.82, 2.24) is 10.3 Å². The van der Waals surface area contributed by atoms with Gasteiger partial charge in [-0.3, -0.25) is 4.79 Å². The summed E-state index contributed by atoms with van der Waals surface area (Å²) < 4.78 is 5.85. The number of aromatic nitrogens is 1. The van der Waals surface area contributed by atoms with Gasteiger partial charge in [0.15, 0.2) is 0 Å². The molecule has 0 spiro atoms. The fourth-order valence-electron chi connectivity index (χ4n) is 1.20. The summed E-state index contributed by atoms with van der Waals surface area (Å²) in [5.41, 5.74) is 0.562. The zero-order chi connectivity index (χ0) is 11.3. The molecule has 2 N–H and O–H groups in total. The lowest BCUT2D eigenvalue weighted by Gasteiger charge is -2.10. The van der Waals surface area contributed by atoms with Gasteiger partial charge in [-0.05, 0) is 27.9 Å². The molecule has 0 fully saturated rings. The normalized spacial score (nSPS) is 12.5. The molecular formula is C10H15BrN2O2. The van der Waals surface area contributed by atoms with Gasteiger partial charge in [0.25, 0.3) is 5.91 Å². The van der Waals surface area contributed by atoms with Gasteiger partial charge in [0.2, 0.25) is 0 Å². The van der Waals surface area contributed by atoms with Crippen molar-refractivity contribution in [2.24, 2.45) is 5.92 Å². The first-order chi connectivity index (χ1) is 7.13. The van der Waals surface area contributed by atoms with Crippen LogP contribution in [0.1, 0.15) is 17.4 Å². The first-order valence-corrected chi connectivity index (χ1v) is 5.54. The SMILES string of the molecule is COCC(C)CNC(=O)c1cc(Br)c[nH]1. The van der Waals surface area contributed by atoms with Gasteiger partial charge in [0.05, 0.1) is 6.61 Å². The second-order valence-electron chi connectivity index (χ2n) is 3.50. The molecule has 0 aliphatic heterocycles. The van der Waals surface area contributed by atoms with E-state index in [1.807, 2.05) is 6.92 Å². The number of ether oxygens (including phenoxy) is 1. The standard InChI is InChI=1S/C10H15BrN2O2/c1-7(6-15-2)4-13-10(14)9-3-8(11)5-12-9/h3,5,7,12H,4,6H2,1-2H3,(H,13,14). The lowest BCUT2D eigenvalue weighted by Crippen LogP contribution is -2.30.